The van der Waals surface area contributed by atoms with Crippen LogP contribution >= 0.6 is 11.3 Å². The monoisotopic (exact) mass is 474 g/mol. The Balaban J connectivity index is 1.60. The second-order valence-electron chi connectivity index (χ2n) is 7.18. The number of ether oxygens (including phenoxy) is 1. The predicted octanol–water partition coefficient (Wildman–Crippen LogP) is 5.80. The molecule has 4 rings (SSSR count). The number of benzene rings is 2. The molecule has 170 valence electrons. The molecule has 1 N–H and O–H groups in total. The number of hydrogen-bond acceptors (Lipinski definition) is 5. The fraction of sp³-hybridized carbons (Fsp3) is 0.174. The highest BCUT2D eigenvalue weighted by atomic mass is 32.1. The Labute approximate surface area is 190 Å². The topological polar surface area (TPSA) is 79.7 Å². The van der Waals surface area contributed by atoms with Crippen LogP contribution in [0.2, 0.25) is 0 Å². The zero-order valence-corrected chi connectivity index (χ0v) is 17.8. The van der Waals surface area contributed by atoms with E-state index >= 15 is 0 Å². The third-order valence-electron chi connectivity index (χ3n) is 5.18. The number of carbonyl (C=O) groups is 2. The normalized spacial score (nSPS) is 12.7. The van der Waals surface area contributed by atoms with Crippen molar-refractivity contribution < 1.29 is 32.6 Å². The third-order valence-corrected chi connectivity index (χ3v) is 6.24. The summed E-state index contributed by atoms with van der Waals surface area (Å²) in [5.74, 6) is -2.03. The van der Waals surface area contributed by atoms with E-state index in [1.807, 2.05) is 48.5 Å². The van der Waals surface area contributed by atoms with Gasteiger partial charge in [-0.1, -0.05) is 65.9 Å². The number of carbonyl (C=O) groups excluding carboxylic acids is 1. The molecule has 1 aromatic heterocycles. The largest absolute Gasteiger partial charge is 0.477 e. The molecule has 0 spiro atoms. The fourth-order valence-corrected chi connectivity index (χ4v) is 4.72. The quantitative estimate of drug-likeness (QED) is 0.457. The molecule has 0 atom stereocenters. The highest BCUT2D eigenvalue weighted by Gasteiger charge is 2.41. The Morgan fingerprint density at radius 3 is 2.18 bits per heavy atom. The third kappa shape index (κ3) is 4.21. The van der Waals surface area contributed by atoms with Gasteiger partial charge in [0.05, 0.1) is 0 Å². The van der Waals surface area contributed by atoms with Crippen LogP contribution in [0.25, 0.3) is 11.1 Å². The van der Waals surface area contributed by atoms with Crippen molar-refractivity contribution in [3.63, 3.8) is 0 Å². The Morgan fingerprint density at radius 1 is 1.12 bits per heavy atom. The Hall–Kier alpha value is -3.66. The molecule has 1 heterocycles. The van der Waals surface area contributed by atoms with Crippen LogP contribution in [-0.4, -0.2) is 35.3 Å². The maximum atomic E-state index is 13.2. The van der Waals surface area contributed by atoms with Gasteiger partial charge < -0.3 is 9.84 Å². The molecular weight excluding hydrogens is 457 g/mol. The van der Waals surface area contributed by atoms with Gasteiger partial charge in [0, 0.05) is 12.5 Å². The molecule has 0 aliphatic heterocycles. The van der Waals surface area contributed by atoms with E-state index in [1.165, 1.54) is 6.08 Å². The lowest BCUT2D eigenvalue weighted by atomic mass is 9.98. The van der Waals surface area contributed by atoms with E-state index in [1.54, 1.807) is 0 Å². The summed E-state index contributed by atoms with van der Waals surface area (Å²) in [6.45, 7) is 3.25. The van der Waals surface area contributed by atoms with E-state index in [9.17, 15) is 22.8 Å². The number of fused-ring (bicyclic) bond motifs is 3. The number of carboxylic acid groups (broad SMARTS) is 1. The van der Waals surface area contributed by atoms with Gasteiger partial charge in [-0.2, -0.15) is 13.2 Å². The zero-order chi connectivity index (χ0) is 23.8. The fourth-order valence-electron chi connectivity index (χ4n) is 3.79. The number of nitrogens with zero attached hydrogens (tertiary/aromatic N) is 2. The molecule has 0 bridgehead atoms. The molecule has 0 radical (unpaired) electrons. The number of carboxylic acids is 1. The molecule has 1 aliphatic carbocycles. The van der Waals surface area contributed by atoms with Gasteiger partial charge in [-0.3, -0.25) is 0 Å². The Morgan fingerprint density at radius 2 is 1.70 bits per heavy atom. The van der Waals surface area contributed by atoms with Gasteiger partial charge in [0.1, 0.15) is 11.5 Å². The summed E-state index contributed by atoms with van der Waals surface area (Å²) in [5.41, 5.74) is 2.44. The SMILES string of the molecule is C=CCN(C(=O)OCC1c2ccccc2-c2ccccc21)c1nc(C(F)(F)F)c(C(=O)O)s1. The van der Waals surface area contributed by atoms with Gasteiger partial charge >= 0.3 is 18.2 Å². The summed E-state index contributed by atoms with van der Waals surface area (Å²) in [6, 6.07) is 15.4. The Kier molecular flexibility index (Phi) is 5.94. The standard InChI is InChI=1S/C23H17F3N2O4S/c1-2-11-28(21-27-19(23(24,25)26)18(33-21)20(29)30)22(31)32-12-17-15-9-5-3-7-13(15)14-8-4-6-10-16(14)17/h2-10,17H,1,11-12H2,(H,29,30). The maximum Gasteiger partial charge on any atom is 0.435 e. The predicted molar refractivity (Wildman–Crippen MR) is 117 cm³/mol. The van der Waals surface area contributed by atoms with Crippen molar-refractivity contribution in [1.82, 2.24) is 4.98 Å². The molecule has 0 saturated carbocycles. The van der Waals surface area contributed by atoms with Crippen molar-refractivity contribution >= 4 is 28.5 Å². The van der Waals surface area contributed by atoms with Crippen molar-refractivity contribution in [2.45, 2.75) is 12.1 Å². The van der Waals surface area contributed by atoms with Crippen LogP contribution in [0.1, 0.15) is 32.4 Å². The molecule has 6 nitrogen and oxygen atoms in total. The van der Waals surface area contributed by atoms with Crippen LogP contribution < -0.4 is 4.90 Å². The van der Waals surface area contributed by atoms with Crippen molar-refractivity contribution in [2.24, 2.45) is 0 Å². The minimum Gasteiger partial charge on any atom is -0.477 e. The smallest absolute Gasteiger partial charge is 0.435 e. The van der Waals surface area contributed by atoms with Crippen molar-refractivity contribution in [2.75, 3.05) is 18.1 Å². The molecule has 3 aromatic rings. The van der Waals surface area contributed by atoms with Gasteiger partial charge in [-0.25, -0.2) is 19.5 Å². The van der Waals surface area contributed by atoms with Gasteiger partial charge in [-0.15, -0.1) is 6.58 Å². The van der Waals surface area contributed by atoms with Crippen molar-refractivity contribution in [1.29, 1.82) is 0 Å². The number of thiazole rings is 1. The number of aromatic carboxylic acids is 1. The lowest BCUT2D eigenvalue weighted by molar-refractivity contribution is -0.141. The molecule has 1 amide bonds. The highest BCUT2D eigenvalue weighted by molar-refractivity contribution is 7.17. The minimum atomic E-state index is -4.98. The molecule has 0 fully saturated rings. The summed E-state index contributed by atoms with van der Waals surface area (Å²) in [5, 5.41) is 8.71. The Bertz CT molecular complexity index is 1190. The molecule has 1 aliphatic rings. The molecule has 0 unspecified atom stereocenters. The van der Waals surface area contributed by atoms with E-state index in [0.717, 1.165) is 27.2 Å². The van der Waals surface area contributed by atoms with Crippen molar-refractivity contribution in [3.8, 4) is 11.1 Å². The second-order valence-corrected chi connectivity index (χ2v) is 8.16. The summed E-state index contributed by atoms with van der Waals surface area (Å²) >= 11 is 0.253. The van der Waals surface area contributed by atoms with Crippen molar-refractivity contribution in [3.05, 3.63) is 82.9 Å². The van der Waals surface area contributed by atoms with E-state index in [0.29, 0.717) is 0 Å². The first kappa shape index (κ1) is 22.5. The molecule has 2 aromatic carbocycles. The number of rotatable bonds is 6. The van der Waals surface area contributed by atoms with Crippen LogP contribution in [0.4, 0.5) is 23.1 Å². The van der Waals surface area contributed by atoms with E-state index in [2.05, 4.69) is 11.6 Å². The van der Waals surface area contributed by atoms with E-state index in [4.69, 9.17) is 9.84 Å². The first-order valence-electron chi connectivity index (χ1n) is 9.77. The zero-order valence-electron chi connectivity index (χ0n) is 17.0. The number of hydrogen-bond donors (Lipinski definition) is 1. The lowest BCUT2D eigenvalue weighted by Crippen LogP contribution is -2.32. The second kappa shape index (κ2) is 8.70. The van der Waals surface area contributed by atoms with E-state index in [-0.39, 0.29) is 30.4 Å². The van der Waals surface area contributed by atoms with Crippen LogP contribution in [0.15, 0.2) is 61.2 Å². The first-order valence-corrected chi connectivity index (χ1v) is 10.6. The van der Waals surface area contributed by atoms with Gasteiger partial charge in [0.2, 0.25) is 0 Å². The van der Waals surface area contributed by atoms with Gasteiger partial charge in [0.25, 0.3) is 0 Å². The van der Waals surface area contributed by atoms with Gasteiger partial charge in [-0.05, 0) is 22.3 Å². The summed E-state index contributed by atoms with van der Waals surface area (Å²) in [4.78, 5) is 27.4. The van der Waals surface area contributed by atoms with Crippen LogP contribution in [0.3, 0.4) is 0 Å². The lowest BCUT2D eigenvalue weighted by Gasteiger charge is -2.20. The molecule has 33 heavy (non-hydrogen) atoms. The summed E-state index contributed by atoms with van der Waals surface area (Å²) in [6.07, 6.45) is -4.64. The number of alkyl halides is 3. The number of amides is 1. The summed E-state index contributed by atoms with van der Waals surface area (Å²) < 4.78 is 45.2. The first-order chi connectivity index (χ1) is 15.7. The number of aromatic nitrogens is 1. The number of anilines is 1. The minimum absolute atomic E-state index is 0.0518. The van der Waals surface area contributed by atoms with Crippen LogP contribution in [-0.2, 0) is 10.9 Å². The highest BCUT2D eigenvalue weighted by Crippen LogP contribution is 2.44. The average Bonchev–Trinajstić information content (AvgIpc) is 3.36. The average molecular weight is 474 g/mol. The number of halogens is 3. The van der Waals surface area contributed by atoms with E-state index < -0.39 is 33.9 Å². The van der Waals surface area contributed by atoms with Crippen LogP contribution in [0.5, 0.6) is 0 Å². The van der Waals surface area contributed by atoms with Crippen LogP contribution in [0, 0.1) is 0 Å². The van der Waals surface area contributed by atoms with Gasteiger partial charge in [0.15, 0.2) is 10.8 Å². The molecule has 10 heteroatoms. The molecule has 0 saturated heterocycles. The maximum absolute atomic E-state index is 13.2. The molecular formula is C23H17F3N2O4S. The summed E-state index contributed by atoms with van der Waals surface area (Å²) in [7, 11) is 0.